The van der Waals surface area contributed by atoms with Crippen molar-refractivity contribution in [2.24, 2.45) is 0 Å². The van der Waals surface area contributed by atoms with E-state index in [1.165, 1.54) is 5.69 Å². The number of hydrogen-bond donors (Lipinski definition) is 1. The van der Waals surface area contributed by atoms with E-state index in [4.69, 9.17) is 4.74 Å². The summed E-state index contributed by atoms with van der Waals surface area (Å²) in [5.74, 6) is 0.925. The Hall–Kier alpha value is -1.81. The number of aryl methyl sites for hydroxylation is 1. The third-order valence-electron chi connectivity index (χ3n) is 3.44. The molecular weight excluding hydrogens is 226 g/mol. The van der Waals surface area contributed by atoms with Crippen molar-refractivity contribution in [1.29, 1.82) is 0 Å². The first-order valence-corrected chi connectivity index (χ1v) is 6.20. The van der Waals surface area contributed by atoms with Gasteiger partial charge in [-0.3, -0.25) is 0 Å². The van der Waals surface area contributed by atoms with Crippen molar-refractivity contribution >= 4 is 0 Å². The van der Waals surface area contributed by atoms with E-state index in [1.807, 2.05) is 12.4 Å². The summed E-state index contributed by atoms with van der Waals surface area (Å²) in [6, 6.07) is 6.23. The molecule has 0 fully saturated rings. The number of nitrogens with zero attached hydrogens (tertiary/aromatic N) is 2. The summed E-state index contributed by atoms with van der Waals surface area (Å²) in [5.41, 5.74) is 4.78. The van der Waals surface area contributed by atoms with Gasteiger partial charge in [-0.25, -0.2) is 4.98 Å². The minimum atomic E-state index is 0.872. The van der Waals surface area contributed by atoms with Crippen molar-refractivity contribution < 1.29 is 4.74 Å². The second-order valence-electron chi connectivity index (χ2n) is 4.59. The van der Waals surface area contributed by atoms with E-state index < -0.39 is 0 Å². The monoisotopic (exact) mass is 243 g/mol. The molecule has 94 valence electrons. The predicted molar refractivity (Wildman–Crippen MR) is 70.3 cm³/mol. The molecule has 4 nitrogen and oxygen atoms in total. The topological polar surface area (TPSA) is 39.1 Å². The molecule has 2 heterocycles. The van der Waals surface area contributed by atoms with Crippen LogP contribution in [0, 0.1) is 6.92 Å². The molecule has 0 atom stereocenters. The number of fused-ring (bicyclic) bond motifs is 1. The second-order valence-corrected chi connectivity index (χ2v) is 4.59. The van der Waals surface area contributed by atoms with Crippen LogP contribution in [0.4, 0.5) is 0 Å². The van der Waals surface area contributed by atoms with Gasteiger partial charge in [0.15, 0.2) is 0 Å². The molecule has 1 aromatic heterocycles. The molecule has 1 aliphatic heterocycles. The Labute approximate surface area is 107 Å². The highest BCUT2D eigenvalue weighted by molar-refractivity contribution is 5.45. The van der Waals surface area contributed by atoms with Crippen LogP contribution in [0.5, 0.6) is 5.75 Å². The number of ether oxygens (including phenoxy) is 1. The lowest BCUT2D eigenvalue weighted by atomic mass is 10.1. The fraction of sp³-hybridized carbons (Fsp3) is 0.357. The summed E-state index contributed by atoms with van der Waals surface area (Å²) in [6.07, 6.45) is 2.94. The summed E-state index contributed by atoms with van der Waals surface area (Å²) < 4.78 is 7.48. The third kappa shape index (κ3) is 1.78. The van der Waals surface area contributed by atoms with Gasteiger partial charge in [-0.1, -0.05) is 0 Å². The maximum absolute atomic E-state index is 5.30. The van der Waals surface area contributed by atoms with Crippen LogP contribution in [0.25, 0.3) is 5.69 Å². The summed E-state index contributed by atoms with van der Waals surface area (Å²) in [5, 5.41) is 3.34. The predicted octanol–water partition coefficient (Wildman–Crippen LogP) is 1.84. The van der Waals surface area contributed by atoms with Gasteiger partial charge in [0.05, 0.1) is 19.1 Å². The Kier molecular flexibility index (Phi) is 2.80. The van der Waals surface area contributed by atoms with Crippen molar-refractivity contribution in [2.45, 2.75) is 19.9 Å². The molecule has 0 spiro atoms. The zero-order chi connectivity index (χ0) is 12.5. The van der Waals surface area contributed by atoms with Crippen LogP contribution in [0.2, 0.25) is 0 Å². The summed E-state index contributed by atoms with van der Waals surface area (Å²) in [4.78, 5) is 4.47. The first kappa shape index (κ1) is 11.3. The molecule has 0 aliphatic carbocycles. The molecule has 2 aromatic rings. The average molecular weight is 243 g/mol. The van der Waals surface area contributed by atoms with Gasteiger partial charge in [0, 0.05) is 30.9 Å². The maximum atomic E-state index is 5.30. The quantitative estimate of drug-likeness (QED) is 0.874. The van der Waals surface area contributed by atoms with Gasteiger partial charge < -0.3 is 14.6 Å². The van der Waals surface area contributed by atoms with E-state index in [-0.39, 0.29) is 0 Å². The van der Waals surface area contributed by atoms with Crippen LogP contribution in [0.15, 0.2) is 24.5 Å². The fourth-order valence-electron chi connectivity index (χ4n) is 2.47. The molecule has 4 heteroatoms. The number of imidazole rings is 1. The summed E-state index contributed by atoms with van der Waals surface area (Å²) >= 11 is 0. The smallest absolute Gasteiger partial charge is 0.121 e. The van der Waals surface area contributed by atoms with E-state index in [1.54, 1.807) is 7.11 Å². The van der Waals surface area contributed by atoms with Crippen LogP contribution in [-0.4, -0.2) is 23.2 Å². The van der Waals surface area contributed by atoms with Crippen molar-refractivity contribution in [3.8, 4) is 11.4 Å². The van der Waals surface area contributed by atoms with Crippen LogP contribution >= 0.6 is 0 Å². The lowest BCUT2D eigenvalue weighted by Crippen LogP contribution is -2.24. The molecule has 1 N–H and O–H groups in total. The van der Waals surface area contributed by atoms with Crippen LogP contribution in [0.3, 0.4) is 0 Å². The highest BCUT2D eigenvalue weighted by Gasteiger charge is 2.15. The van der Waals surface area contributed by atoms with Gasteiger partial charge in [0.1, 0.15) is 5.75 Å². The maximum Gasteiger partial charge on any atom is 0.121 e. The van der Waals surface area contributed by atoms with Gasteiger partial charge in [-0.2, -0.15) is 0 Å². The molecule has 1 aliphatic rings. The Morgan fingerprint density at radius 3 is 3.06 bits per heavy atom. The molecule has 18 heavy (non-hydrogen) atoms. The highest BCUT2D eigenvalue weighted by atomic mass is 16.5. The Balaban J connectivity index is 2.04. The van der Waals surface area contributed by atoms with Gasteiger partial charge >= 0.3 is 0 Å². The molecule has 0 saturated carbocycles. The lowest BCUT2D eigenvalue weighted by Gasteiger charge is -2.16. The van der Waals surface area contributed by atoms with Crippen LogP contribution in [-0.2, 0) is 13.0 Å². The first-order valence-electron chi connectivity index (χ1n) is 6.20. The minimum Gasteiger partial charge on any atom is -0.496 e. The molecule has 0 unspecified atom stereocenters. The van der Waals surface area contributed by atoms with E-state index in [0.717, 1.165) is 42.2 Å². The summed E-state index contributed by atoms with van der Waals surface area (Å²) in [6.45, 7) is 3.96. The van der Waals surface area contributed by atoms with Gasteiger partial charge in [-0.15, -0.1) is 0 Å². The molecule has 0 saturated heterocycles. The number of methoxy groups -OCH3 is 1. The van der Waals surface area contributed by atoms with Crippen molar-refractivity contribution in [2.75, 3.05) is 13.7 Å². The normalized spacial score (nSPS) is 14.3. The molecule has 0 amide bonds. The standard InChI is InChI=1S/C14H17N3O/c1-10-7-11(3-4-14(10)18-2)17-9-16-12-8-15-6-5-13(12)17/h3-4,7,9,15H,5-6,8H2,1-2H3. The number of nitrogens with one attached hydrogen (secondary N) is 1. The van der Waals surface area contributed by atoms with Crippen LogP contribution < -0.4 is 10.1 Å². The fourth-order valence-corrected chi connectivity index (χ4v) is 2.47. The average Bonchev–Trinajstić information content (AvgIpc) is 2.82. The number of rotatable bonds is 2. The lowest BCUT2D eigenvalue weighted by molar-refractivity contribution is 0.411. The van der Waals surface area contributed by atoms with E-state index in [9.17, 15) is 0 Å². The van der Waals surface area contributed by atoms with Crippen LogP contribution in [0.1, 0.15) is 17.0 Å². The number of hydrogen-bond acceptors (Lipinski definition) is 3. The molecule has 1 aromatic carbocycles. The van der Waals surface area contributed by atoms with E-state index in [2.05, 4.69) is 33.9 Å². The molecule has 0 bridgehead atoms. The molecule has 3 rings (SSSR count). The van der Waals surface area contributed by atoms with Crippen molar-refractivity contribution in [1.82, 2.24) is 14.9 Å². The summed E-state index contributed by atoms with van der Waals surface area (Å²) in [7, 11) is 1.70. The highest BCUT2D eigenvalue weighted by Crippen LogP contribution is 2.23. The van der Waals surface area contributed by atoms with Gasteiger partial charge in [0.2, 0.25) is 0 Å². The first-order chi connectivity index (χ1) is 8.79. The third-order valence-corrected chi connectivity index (χ3v) is 3.44. The van der Waals surface area contributed by atoms with Crippen molar-refractivity contribution in [3.63, 3.8) is 0 Å². The Bertz CT molecular complexity index is 574. The molecular formula is C14H17N3O. The van der Waals surface area contributed by atoms with Gasteiger partial charge in [0.25, 0.3) is 0 Å². The molecule has 0 radical (unpaired) electrons. The zero-order valence-corrected chi connectivity index (χ0v) is 10.7. The van der Waals surface area contributed by atoms with Gasteiger partial charge in [-0.05, 0) is 30.7 Å². The van der Waals surface area contributed by atoms with E-state index in [0.29, 0.717) is 0 Å². The van der Waals surface area contributed by atoms with E-state index >= 15 is 0 Å². The Morgan fingerprint density at radius 2 is 2.28 bits per heavy atom. The largest absolute Gasteiger partial charge is 0.496 e. The zero-order valence-electron chi connectivity index (χ0n) is 10.7. The second kappa shape index (κ2) is 4.46. The van der Waals surface area contributed by atoms with Crippen molar-refractivity contribution in [3.05, 3.63) is 41.5 Å². The number of benzene rings is 1. The SMILES string of the molecule is COc1ccc(-n2cnc3c2CCNC3)cc1C. The minimum absolute atomic E-state index is 0.872. The Morgan fingerprint density at radius 1 is 1.39 bits per heavy atom. The number of aromatic nitrogens is 2.